The summed E-state index contributed by atoms with van der Waals surface area (Å²) in [6.45, 7) is 8.42. The van der Waals surface area contributed by atoms with Crippen LogP contribution in [0.4, 0.5) is 0 Å². The summed E-state index contributed by atoms with van der Waals surface area (Å²) < 4.78 is 12.5. The number of aromatic nitrogens is 4. The van der Waals surface area contributed by atoms with Gasteiger partial charge in [0.25, 0.3) is 5.89 Å². The predicted molar refractivity (Wildman–Crippen MR) is 119 cm³/mol. The fraction of sp³-hybridized carbons (Fsp3) is 0.333. The lowest BCUT2D eigenvalue weighted by atomic mass is 10.0. The summed E-state index contributed by atoms with van der Waals surface area (Å²) in [4.78, 5) is 16.2. The second-order valence-corrected chi connectivity index (χ2v) is 7.85. The molecule has 0 saturated heterocycles. The van der Waals surface area contributed by atoms with Crippen LogP contribution in [0.15, 0.2) is 47.1 Å². The largest absolute Gasteiger partial charge is 0.466 e. The SMILES string of the molecule is CCOC(=O)CCc1ccc(-c2noc(-c3ccc4nn(C(C)C)cc4c3)n2)c(C)c1. The summed E-state index contributed by atoms with van der Waals surface area (Å²) in [5, 5.41) is 9.80. The predicted octanol–water partition coefficient (Wildman–Crippen LogP) is 5.14. The van der Waals surface area contributed by atoms with Crippen LogP contribution in [-0.4, -0.2) is 32.5 Å². The Kier molecular flexibility index (Phi) is 5.84. The molecule has 0 N–H and O–H groups in total. The van der Waals surface area contributed by atoms with Gasteiger partial charge in [0.05, 0.1) is 12.1 Å². The Bertz CT molecular complexity index is 1220. The number of esters is 1. The Balaban J connectivity index is 1.54. The van der Waals surface area contributed by atoms with E-state index in [0.29, 0.717) is 37.2 Å². The topological polar surface area (TPSA) is 83.0 Å². The average molecular weight is 418 g/mol. The van der Waals surface area contributed by atoms with Gasteiger partial charge < -0.3 is 9.26 Å². The first kappa shape index (κ1) is 20.8. The van der Waals surface area contributed by atoms with Crippen LogP contribution >= 0.6 is 0 Å². The number of aryl methyl sites for hydroxylation is 2. The minimum atomic E-state index is -0.178. The highest BCUT2D eigenvalue weighted by Gasteiger charge is 2.14. The third-order valence-corrected chi connectivity index (χ3v) is 5.18. The number of hydrogen-bond acceptors (Lipinski definition) is 6. The lowest BCUT2D eigenvalue weighted by Crippen LogP contribution is -2.05. The van der Waals surface area contributed by atoms with Crippen LogP contribution in [0, 0.1) is 6.92 Å². The quantitative estimate of drug-likeness (QED) is 0.387. The van der Waals surface area contributed by atoms with Crippen molar-refractivity contribution in [3.63, 3.8) is 0 Å². The van der Waals surface area contributed by atoms with Crippen molar-refractivity contribution in [2.75, 3.05) is 6.61 Å². The fourth-order valence-electron chi connectivity index (χ4n) is 3.50. The maximum absolute atomic E-state index is 11.6. The van der Waals surface area contributed by atoms with E-state index in [4.69, 9.17) is 9.26 Å². The van der Waals surface area contributed by atoms with Gasteiger partial charge >= 0.3 is 5.97 Å². The monoisotopic (exact) mass is 418 g/mol. The molecule has 0 aliphatic heterocycles. The van der Waals surface area contributed by atoms with Crippen LogP contribution in [0.3, 0.4) is 0 Å². The van der Waals surface area contributed by atoms with Crippen molar-refractivity contribution < 1.29 is 14.1 Å². The molecule has 0 saturated carbocycles. The molecule has 7 heteroatoms. The van der Waals surface area contributed by atoms with E-state index in [9.17, 15) is 4.79 Å². The molecule has 7 nitrogen and oxygen atoms in total. The number of carbonyl (C=O) groups excluding carboxylic acids is 1. The summed E-state index contributed by atoms with van der Waals surface area (Å²) in [7, 11) is 0. The molecule has 0 aliphatic rings. The van der Waals surface area contributed by atoms with Gasteiger partial charge in [-0.15, -0.1) is 0 Å². The van der Waals surface area contributed by atoms with Gasteiger partial charge in [0.15, 0.2) is 0 Å². The van der Waals surface area contributed by atoms with Crippen molar-refractivity contribution >= 4 is 16.9 Å². The van der Waals surface area contributed by atoms with Gasteiger partial charge in [-0.1, -0.05) is 23.4 Å². The molecule has 0 atom stereocenters. The van der Waals surface area contributed by atoms with Gasteiger partial charge in [0.2, 0.25) is 5.82 Å². The van der Waals surface area contributed by atoms with E-state index < -0.39 is 0 Å². The van der Waals surface area contributed by atoms with Gasteiger partial charge in [0, 0.05) is 35.2 Å². The number of rotatable bonds is 7. The van der Waals surface area contributed by atoms with Crippen molar-refractivity contribution in [1.29, 1.82) is 0 Å². The normalized spacial score (nSPS) is 11.4. The molecule has 31 heavy (non-hydrogen) atoms. The molecule has 0 bridgehead atoms. The summed E-state index contributed by atoms with van der Waals surface area (Å²) >= 11 is 0. The number of ether oxygens (including phenoxy) is 1. The Labute approximate surface area is 181 Å². The van der Waals surface area contributed by atoms with Gasteiger partial charge in [-0.3, -0.25) is 9.48 Å². The zero-order valence-electron chi connectivity index (χ0n) is 18.3. The first-order valence-corrected chi connectivity index (χ1v) is 10.5. The van der Waals surface area contributed by atoms with Gasteiger partial charge in [-0.05, 0) is 63.4 Å². The second kappa shape index (κ2) is 8.71. The Morgan fingerprint density at radius 3 is 2.77 bits per heavy atom. The van der Waals surface area contributed by atoms with Crippen LogP contribution in [0.25, 0.3) is 33.7 Å². The van der Waals surface area contributed by atoms with Crippen LogP contribution in [-0.2, 0) is 16.0 Å². The van der Waals surface area contributed by atoms with Crippen molar-refractivity contribution in [1.82, 2.24) is 19.9 Å². The highest BCUT2D eigenvalue weighted by Crippen LogP contribution is 2.27. The fourth-order valence-corrected chi connectivity index (χ4v) is 3.50. The van der Waals surface area contributed by atoms with E-state index in [0.717, 1.165) is 33.2 Å². The van der Waals surface area contributed by atoms with Crippen molar-refractivity contribution in [3.05, 3.63) is 53.7 Å². The van der Waals surface area contributed by atoms with Crippen LogP contribution in [0.1, 0.15) is 44.4 Å². The van der Waals surface area contributed by atoms with E-state index in [-0.39, 0.29) is 5.97 Å². The number of benzene rings is 2. The molecule has 0 unspecified atom stereocenters. The lowest BCUT2D eigenvalue weighted by Gasteiger charge is -2.06. The molecule has 4 rings (SSSR count). The maximum atomic E-state index is 11.6. The van der Waals surface area contributed by atoms with Gasteiger partial charge in [-0.25, -0.2) is 0 Å². The van der Waals surface area contributed by atoms with Crippen LogP contribution in [0.5, 0.6) is 0 Å². The standard InChI is InChI=1S/C24H26N4O3/c1-5-30-22(29)11-7-17-6-9-20(16(4)12-17)23-25-24(31-27-23)18-8-10-21-19(13-18)14-28(26-21)15(2)3/h6,8-10,12-15H,5,7,11H2,1-4H3. The zero-order chi connectivity index (χ0) is 22.0. The van der Waals surface area contributed by atoms with E-state index in [1.807, 2.05) is 55.1 Å². The zero-order valence-corrected chi connectivity index (χ0v) is 18.3. The molecule has 2 aromatic heterocycles. The number of carbonyl (C=O) groups is 1. The summed E-state index contributed by atoms with van der Waals surface area (Å²) in [6.07, 6.45) is 3.04. The molecule has 0 radical (unpaired) electrons. The first-order valence-electron chi connectivity index (χ1n) is 10.5. The Hall–Kier alpha value is -3.48. The first-order chi connectivity index (χ1) is 14.9. The molecular weight excluding hydrogens is 392 g/mol. The second-order valence-electron chi connectivity index (χ2n) is 7.85. The van der Waals surface area contributed by atoms with E-state index in [1.54, 1.807) is 0 Å². The molecule has 0 amide bonds. The third-order valence-electron chi connectivity index (χ3n) is 5.18. The summed E-state index contributed by atoms with van der Waals surface area (Å²) in [6, 6.07) is 12.2. The highest BCUT2D eigenvalue weighted by molar-refractivity contribution is 5.83. The number of nitrogens with zero attached hydrogens (tertiary/aromatic N) is 4. The molecule has 0 aliphatic carbocycles. The average Bonchev–Trinajstić information content (AvgIpc) is 3.39. The maximum Gasteiger partial charge on any atom is 0.306 e. The van der Waals surface area contributed by atoms with Crippen molar-refractivity contribution in [2.45, 2.75) is 46.6 Å². The van der Waals surface area contributed by atoms with Crippen molar-refractivity contribution in [2.24, 2.45) is 0 Å². The third kappa shape index (κ3) is 4.50. The number of fused-ring (bicyclic) bond motifs is 1. The molecule has 0 fully saturated rings. The summed E-state index contributed by atoms with van der Waals surface area (Å²) in [5.41, 5.74) is 4.81. The molecule has 160 valence electrons. The molecule has 2 heterocycles. The van der Waals surface area contributed by atoms with Crippen molar-refractivity contribution in [3.8, 4) is 22.8 Å². The van der Waals surface area contributed by atoms with Crippen LogP contribution < -0.4 is 0 Å². The minimum absolute atomic E-state index is 0.178. The van der Waals surface area contributed by atoms with E-state index in [2.05, 4.69) is 35.2 Å². The minimum Gasteiger partial charge on any atom is -0.466 e. The molecule has 4 aromatic rings. The highest BCUT2D eigenvalue weighted by atomic mass is 16.5. The Morgan fingerprint density at radius 2 is 2.03 bits per heavy atom. The van der Waals surface area contributed by atoms with E-state index in [1.165, 1.54) is 0 Å². The molecular formula is C24H26N4O3. The van der Waals surface area contributed by atoms with Crippen LogP contribution in [0.2, 0.25) is 0 Å². The summed E-state index contributed by atoms with van der Waals surface area (Å²) in [5.74, 6) is 0.838. The van der Waals surface area contributed by atoms with Gasteiger partial charge in [-0.2, -0.15) is 10.1 Å². The van der Waals surface area contributed by atoms with Gasteiger partial charge in [0.1, 0.15) is 0 Å². The molecule has 2 aromatic carbocycles. The Morgan fingerprint density at radius 1 is 1.19 bits per heavy atom. The van der Waals surface area contributed by atoms with E-state index >= 15 is 0 Å². The molecule has 0 spiro atoms. The smallest absolute Gasteiger partial charge is 0.306 e. The number of hydrogen-bond donors (Lipinski definition) is 0. The lowest BCUT2D eigenvalue weighted by molar-refractivity contribution is -0.143.